The average Bonchev–Trinajstić information content (AvgIpc) is 2.36. The summed E-state index contributed by atoms with van der Waals surface area (Å²) in [5, 5.41) is 6.95. The maximum Gasteiger partial charge on any atom is 0.269 e. The van der Waals surface area contributed by atoms with Crippen molar-refractivity contribution < 1.29 is 18.3 Å². The summed E-state index contributed by atoms with van der Waals surface area (Å²) in [6.07, 6.45) is 0. The molecule has 0 fully saturated rings. The topological polar surface area (TPSA) is 104 Å². The number of ether oxygens (including phenoxy) is 1. The Morgan fingerprint density at radius 1 is 1.16 bits per heavy atom. The number of primary amides is 1. The fraction of sp³-hybridized carbons (Fsp3) is 0. The Kier molecular flexibility index (Phi) is 3.23. The monoisotopic (exact) mass is 266 g/mol. The van der Waals surface area contributed by atoms with Crippen LogP contribution in [0.5, 0.6) is 11.6 Å². The number of hydrogen-bond donors (Lipinski definition) is 2. The second-order valence-corrected chi connectivity index (χ2v) is 3.53. The van der Waals surface area contributed by atoms with E-state index in [1.807, 2.05) is 0 Å². The zero-order valence-electron chi connectivity index (χ0n) is 9.43. The molecule has 4 N–H and O–H groups in total. The molecule has 0 saturated heterocycles. The molecule has 2 aromatic rings. The minimum atomic E-state index is -0.848. The lowest BCUT2D eigenvalue weighted by molar-refractivity contribution is 0.0994. The van der Waals surface area contributed by atoms with E-state index in [1.165, 1.54) is 12.1 Å². The summed E-state index contributed by atoms with van der Waals surface area (Å²) in [5.41, 5.74) is 9.75. The van der Waals surface area contributed by atoms with Gasteiger partial charge in [-0.3, -0.25) is 4.79 Å². The van der Waals surface area contributed by atoms with Crippen LogP contribution in [0.2, 0.25) is 0 Å². The molecule has 0 unspecified atom stereocenters. The Morgan fingerprint density at radius 3 is 2.47 bits per heavy atom. The molecular formula is C11H8F2N4O2. The zero-order chi connectivity index (χ0) is 14.0. The van der Waals surface area contributed by atoms with E-state index in [9.17, 15) is 13.6 Å². The average molecular weight is 266 g/mol. The summed E-state index contributed by atoms with van der Waals surface area (Å²) in [5.74, 6) is -2.94. The van der Waals surface area contributed by atoms with Gasteiger partial charge in [0, 0.05) is 18.2 Å². The minimum absolute atomic E-state index is 0.0729. The highest BCUT2D eigenvalue weighted by Gasteiger charge is 2.11. The Labute approximate surface area is 106 Å². The smallest absolute Gasteiger partial charge is 0.269 e. The lowest BCUT2D eigenvalue weighted by Gasteiger charge is -2.06. The number of halogens is 2. The highest BCUT2D eigenvalue weighted by Crippen LogP contribution is 2.26. The van der Waals surface area contributed by atoms with Gasteiger partial charge in [0.25, 0.3) is 5.91 Å². The van der Waals surface area contributed by atoms with Crippen LogP contribution in [0, 0.1) is 11.6 Å². The van der Waals surface area contributed by atoms with E-state index in [1.54, 1.807) is 0 Å². The molecule has 0 aliphatic rings. The number of carbonyl (C=O) groups is 1. The van der Waals surface area contributed by atoms with Gasteiger partial charge >= 0.3 is 0 Å². The van der Waals surface area contributed by atoms with Crippen LogP contribution in [0.25, 0.3) is 0 Å². The summed E-state index contributed by atoms with van der Waals surface area (Å²) >= 11 is 0. The molecule has 2 rings (SSSR count). The van der Waals surface area contributed by atoms with Crippen molar-refractivity contribution in [2.75, 3.05) is 5.73 Å². The van der Waals surface area contributed by atoms with Crippen LogP contribution in [0.1, 0.15) is 10.5 Å². The Morgan fingerprint density at radius 2 is 1.89 bits per heavy atom. The van der Waals surface area contributed by atoms with E-state index in [2.05, 4.69) is 10.2 Å². The first-order valence-electron chi connectivity index (χ1n) is 5.03. The summed E-state index contributed by atoms with van der Waals surface area (Å²) < 4.78 is 31.6. The number of nitrogens with two attached hydrogens (primary N) is 2. The van der Waals surface area contributed by atoms with Gasteiger partial charge in [-0.1, -0.05) is 0 Å². The molecule has 0 spiro atoms. The van der Waals surface area contributed by atoms with Gasteiger partial charge in [0.05, 0.1) is 5.69 Å². The predicted octanol–water partition coefficient (Wildman–Crippen LogP) is 1.23. The Balaban J connectivity index is 2.26. The largest absolute Gasteiger partial charge is 0.434 e. The number of amides is 1. The molecular weight excluding hydrogens is 258 g/mol. The first kappa shape index (κ1) is 12.7. The van der Waals surface area contributed by atoms with Crippen LogP contribution in [0.4, 0.5) is 14.5 Å². The van der Waals surface area contributed by atoms with Crippen LogP contribution in [-0.4, -0.2) is 16.1 Å². The molecule has 0 aliphatic carbocycles. The third kappa shape index (κ3) is 2.73. The Bertz CT molecular complexity index is 631. The third-order valence-corrected chi connectivity index (χ3v) is 2.16. The first-order chi connectivity index (χ1) is 8.97. The molecule has 8 heteroatoms. The molecule has 98 valence electrons. The zero-order valence-corrected chi connectivity index (χ0v) is 9.43. The van der Waals surface area contributed by atoms with Crippen molar-refractivity contribution in [3.8, 4) is 11.6 Å². The van der Waals surface area contributed by atoms with Gasteiger partial charge in [0.2, 0.25) is 5.88 Å². The van der Waals surface area contributed by atoms with E-state index in [0.717, 1.165) is 12.1 Å². The number of aromatic nitrogens is 2. The molecule has 0 radical (unpaired) electrons. The second kappa shape index (κ2) is 4.84. The quantitative estimate of drug-likeness (QED) is 0.813. The van der Waals surface area contributed by atoms with Crippen molar-refractivity contribution in [1.82, 2.24) is 10.2 Å². The number of nitrogen functional groups attached to an aromatic ring is 1. The van der Waals surface area contributed by atoms with E-state index >= 15 is 0 Å². The van der Waals surface area contributed by atoms with Gasteiger partial charge in [0.1, 0.15) is 5.82 Å². The molecule has 1 aromatic heterocycles. The molecule has 0 bridgehead atoms. The lowest BCUT2D eigenvalue weighted by Crippen LogP contribution is -2.13. The van der Waals surface area contributed by atoms with E-state index in [-0.39, 0.29) is 17.3 Å². The normalized spacial score (nSPS) is 10.2. The van der Waals surface area contributed by atoms with Gasteiger partial charge in [-0.15, -0.1) is 10.2 Å². The maximum atomic E-state index is 13.4. The lowest BCUT2D eigenvalue weighted by atomic mass is 10.3. The molecule has 6 nitrogen and oxygen atoms in total. The molecule has 1 aromatic carbocycles. The number of hydrogen-bond acceptors (Lipinski definition) is 5. The van der Waals surface area contributed by atoms with Crippen molar-refractivity contribution in [1.29, 1.82) is 0 Å². The van der Waals surface area contributed by atoms with Crippen LogP contribution < -0.4 is 16.2 Å². The predicted molar refractivity (Wildman–Crippen MR) is 61.4 cm³/mol. The number of anilines is 1. The van der Waals surface area contributed by atoms with E-state index < -0.39 is 23.3 Å². The molecule has 0 saturated carbocycles. The van der Waals surface area contributed by atoms with Crippen molar-refractivity contribution in [3.05, 3.63) is 41.6 Å². The van der Waals surface area contributed by atoms with E-state index in [0.29, 0.717) is 0 Å². The van der Waals surface area contributed by atoms with Gasteiger partial charge < -0.3 is 16.2 Å². The number of carbonyl (C=O) groups excluding carboxylic acids is 1. The van der Waals surface area contributed by atoms with Crippen molar-refractivity contribution >= 4 is 11.6 Å². The highest BCUT2D eigenvalue weighted by atomic mass is 19.1. The van der Waals surface area contributed by atoms with Gasteiger partial charge in [-0.2, -0.15) is 0 Å². The van der Waals surface area contributed by atoms with Gasteiger partial charge in [0.15, 0.2) is 17.3 Å². The first-order valence-corrected chi connectivity index (χ1v) is 5.03. The van der Waals surface area contributed by atoms with Gasteiger partial charge in [-0.25, -0.2) is 8.78 Å². The fourth-order valence-corrected chi connectivity index (χ4v) is 1.24. The summed E-state index contributed by atoms with van der Waals surface area (Å²) in [7, 11) is 0. The molecule has 1 heterocycles. The van der Waals surface area contributed by atoms with Crippen LogP contribution in [0.15, 0.2) is 24.3 Å². The van der Waals surface area contributed by atoms with E-state index in [4.69, 9.17) is 16.2 Å². The molecule has 1 amide bonds. The van der Waals surface area contributed by atoms with Crippen molar-refractivity contribution in [2.45, 2.75) is 0 Å². The summed E-state index contributed by atoms with van der Waals surface area (Å²) in [6, 6.07) is 4.07. The van der Waals surface area contributed by atoms with Crippen LogP contribution in [0.3, 0.4) is 0 Å². The standard InChI is InChI=1S/C11H8F2N4O2/c12-5-4-9(6(13)3-7(5)14)19-10-2-1-8(11(15)18)16-17-10/h1-4H,14H2,(H2,15,18). The second-order valence-electron chi connectivity index (χ2n) is 3.53. The number of rotatable bonds is 3. The summed E-state index contributed by atoms with van der Waals surface area (Å²) in [6.45, 7) is 0. The minimum Gasteiger partial charge on any atom is -0.434 e. The molecule has 19 heavy (non-hydrogen) atoms. The molecule has 0 atom stereocenters. The highest BCUT2D eigenvalue weighted by molar-refractivity contribution is 5.90. The SMILES string of the molecule is NC(=O)c1ccc(Oc2cc(F)c(N)cc2F)nn1. The number of benzene rings is 1. The van der Waals surface area contributed by atoms with Crippen LogP contribution in [-0.2, 0) is 0 Å². The Hall–Kier alpha value is -2.77. The number of nitrogens with zero attached hydrogens (tertiary/aromatic N) is 2. The fourth-order valence-electron chi connectivity index (χ4n) is 1.24. The maximum absolute atomic E-state index is 13.4. The van der Waals surface area contributed by atoms with Crippen molar-refractivity contribution in [2.24, 2.45) is 5.73 Å². The van der Waals surface area contributed by atoms with Crippen LogP contribution >= 0.6 is 0 Å². The molecule has 0 aliphatic heterocycles. The van der Waals surface area contributed by atoms with Gasteiger partial charge in [-0.05, 0) is 6.07 Å². The third-order valence-electron chi connectivity index (χ3n) is 2.16. The van der Waals surface area contributed by atoms with Crippen molar-refractivity contribution in [3.63, 3.8) is 0 Å². The summed E-state index contributed by atoms with van der Waals surface area (Å²) in [4.78, 5) is 10.8.